The Bertz CT molecular complexity index is 754. The summed E-state index contributed by atoms with van der Waals surface area (Å²) in [6, 6.07) is 17.3. The third-order valence-electron chi connectivity index (χ3n) is 4.06. The lowest BCUT2D eigenvalue weighted by atomic mass is 9.97. The molecule has 0 saturated carbocycles. The van der Waals surface area contributed by atoms with Gasteiger partial charge < -0.3 is 4.74 Å². The fourth-order valence-electron chi connectivity index (χ4n) is 3.12. The van der Waals surface area contributed by atoms with Crippen molar-refractivity contribution >= 4 is 0 Å². The molecule has 0 amide bonds. The van der Waals surface area contributed by atoms with E-state index in [0.717, 1.165) is 5.75 Å². The van der Waals surface area contributed by atoms with Crippen molar-refractivity contribution in [3.63, 3.8) is 0 Å². The average Bonchev–Trinajstić information content (AvgIpc) is 2.88. The van der Waals surface area contributed by atoms with E-state index in [1.165, 1.54) is 38.9 Å². The summed E-state index contributed by atoms with van der Waals surface area (Å²) in [5, 5.41) is 0. The molecule has 3 rings (SSSR count). The van der Waals surface area contributed by atoms with Crippen molar-refractivity contribution in [2.75, 3.05) is 7.11 Å². The van der Waals surface area contributed by atoms with E-state index in [1.807, 2.05) is 12.1 Å². The second-order valence-electron chi connectivity index (χ2n) is 5.66. The van der Waals surface area contributed by atoms with E-state index < -0.39 is 0 Å². The zero-order valence-corrected chi connectivity index (χ0v) is 13.0. The number of benzene rings is 1. The van der Waals surface area contributed by atoms with Gasteiger partial charge in [0.05, 0.1) is 7.11 Å². The smallest absolute Gasteiger partial charge is 0.118 e. The molecule has 1 nitrogen and oxygen atoms in total. The highest BCUT2D eigenvalue weighted by molar-refractivity contribution is 5.89. The molecule has 0 spiro atoms. The Morgan fingerprint density at radius 2 is 1.33 bits per heavy atom. The predicted octanol–water partition coefficient (Wildman–Crippen LogP) is 5.39. The molecule has 2 aliphatic carbocycles. The number of ether oxygens (including phenoxy) is 1. The summed E-state index contributed by atoms with van der Waals surface area (Å²) in [7, 11) is 1.70. The molecule has 1 aromatic rings. The van der Waals surface area contributed by atoms with Gasteiger partial charge in [-0.15, -0.1) is 0 Å². The average molecular weight is 276 g/mol. The van der Waals surface area contributed by atoms with Gasteiger partial charge in [0.25, 0.3) is 0 Å². The first-order valence-electron chi connectivity index (χ1n) is 7.25. The minimum atomic E-state index is 0.893. The molecule has 0 fully saturated rings. The molecule has 0 aromatic heterocycles. The monoisotopic (exact) mass is 276 g/mol. The van der Waals surface area contributed by atoms with E-state index >= 15 is 0 Å². The molecule has 0 heterocycles. The summed E-state index contributed by atoms with van der Waals surface area (Å²) >= 11 is 0. The van der Waals surface area contributed by atoms with Gasteiger partial charge in [0.2, 0.25) is 0 Å². The third kappa shape index (κ3) is 2.40. The highest BCUT2D eigenvalue weighted by Crippen LogP contribution is 2.39. The van der Waals surface area contributed by atoms with Crippen molar-refractivity contribution in [1.29, 1.82) is 0 Å². The van der Waals surface area contributed by atoms with Crippen molar-refractivity contribution in [3.8, 4) is 28.0 Å². The molecule has 2 aliphatic rings. The van der Waals surface area contributed by atoms with Gasteiger partial charge in [0.1, 0.15) is 5.75 Å². The first-order valence-corrected chi connectivity index (χ1v) is 7.25. The van der Waals surface area contributed by atoms with Crippen molar-refractivity contribution < 1.29 is 4.74 Å². The van der Waals surface area contributed by atoms with E-state index in [9.17, 15) is 0 Å². The maximum absolute atomic E-state index is 5.25. The van der Waals surface area contributed by atoms with Crippen LogP contribution in [0.25, 0.3) is 22.3 Å². The van der Waals surface area contributed by atoms with Crippen molar-refractivity contribution in [2.45, 2.75) is 20.8 Å². The van der Waals surface area contributed by atoms with E-state index in [-0.39, 0.29) is 0 Å². The van der Waals surface area contributed by atoms with Gasteiger partial charge in [-0.2, -0.15) is 0 Å². The molecule has 106 valence electrons. The molecule has 1 heteroatoms. The Kier molecular flexibility index (Phi) is 3.42. The minimum absolute atomic E-state index is 0.893. The SMILES string of the molecule is COc1ccc(-c2ccc3c(C)cc(C)cc(C)c2-3)cc1. The van der Waals surface area contributed by atoms with Crippen LogP contribution in [0.1, 0.15) is 16.7 Å². The number of methoxy groups -OCH3 is 1. The molecule has 0 radical (unpaired) electrons. The Labute approximate surface area is 126 Å². The summed E-state index contributed by atoms with van der Waals surface area (Å²) in [6.07, 6.45) is 0. The predicted molar refractivity (Wildman–Crippen MR) is 89.3 cm³/mol. The summed E-state index contributed by atoms with van der Waals surface area (Å²) in [5.41, 5.74) is 9.18. The third-order valence-corrected chi connectivity index (χ3v) is 4.06. The normalized spacial score (nSPS) is 10.9. The van der Waals surface area contributed by atoms with E-state index in [0.29, 0.717) is 0 Å². The van der Waals surface area contributed by atoms with Crippen LogP contribution in [0.3, 0.4) is 0 Å². The zero-order chi connectivity index (χ0) is 15.0. The topological polar surface area (TPSA) is 9.23 Å². The summed E-state index contributed by atoms with van der Waals surface area (Å²) in [6.45, 7) is 6.54. The summed E-state index contributed by atoms with van der Waals surface area (Å²) in [5.74, 6) is 0.893. The van der Waals surface area contributed by atoms with E-state index in [4.69, 9.17) is 4.74 Å². The van der Waals surface area contributed by atoms with Crippen molar-refractivity contribution in [2.24, 2.45) is 0 Å². The number of hydrogen-bond donors (Lipinski definition) is 0. The van der Waals surface area contributed by atoms with Crippen LogP contribution in [0, 0.1) is 20.8 Å². The van der Waals surface area contributed by atoms with Gasteiger partial charge in [-0.3, -0.25) is 0 Å². The zero-order valence-electron chi connectivity index (χ0n) is 13.0. The molecule has 1 aromatic carbocycles. The van der Waals surface area contributed by atoms with Gasteiger partial charge in [-0.25, -0.2) is 0 Å². The van der Waals surface area contributed by atoms with Gasteiger partial charge in [-0.05, 0) is 66.3 Å². The summed E-state index contributed by atoms with van der Waals surface area (Å²) < 4.78 is 5.25. The maximum atomic E-state index is 5.25. The molecule has 0 N–H and O–H groups in total. The van der Waals surface area contributed by atoms with E-state index in [2.05, 4.69) is 57.2 Å². The Hall–Kier alpha value is -2.28. The quantitative estimate of drug-likeness (QED) is 0.609. The van der Waals surface area contributed by atoms with Gasteiger partial charge in [0.15, 0.2) is 0 Å². The second-order valence-corrected chi connectivity index (χ2v) is 5.66. The number of rotatable bonds is 2. The number of aryl methyl sites for hydroxylation is 3. The first-order chi connectivity index (χ1) is 10.1. The standard InChI is InChI=1S/C20H20O/c1-13-11-14(2)18-9-10-19(20(18)15(3)12-13)16-5-7-17(21-4)8-6-16/h5-12H,1-4H3. The number of hydrogen-bond acceptors (Lipinski definition) is 1. The lowest BCUT2D eigenvalue weighted by Crippen LogP contribution is -1.84. The van der Waals surface area contributed by atoms with E-state index in [1.54, 1.807) is 7.11 Å². The highest BCUT2D eigenvalue weighted by Gasteiger charge is 2.15. The first kappa shape index (κ1) is 13.7. The molecule has 0 saturated heterocycles. The lowest BCUT2D eigenvalue weighted by Gasteiger charge is -2.07. The van der Waals surface area contributed by atoms with Crippen LogP contribution in [-0.4, -0.2) is 7.11 Å². The number of fused-ring (bicyclic) bond motifs is 1. The van der Waals surface area contributed by atoms with Crippen LogP contribution in [-0.2, 0) is 0 Å². The van der Waals surface area contributed by atoms with Crippen molar-refractivity contribution in [1.82, 2.24) is 0 Å². The van der Waals surface area contributed by atoms with Crippen LogP contribution in [0.5, 0.6) is 5.75 Å². The lowest BCUT2D eigenvalue weighted by molar-refractivity contribution is 0.415. The second kappa shape index (κ2) is 5.25. The fourth-order valence-corrected chi connectivity index (χ4v) is 3.12. The molecular weight excluding hydrogens is 256 g/mol. The molecular formula is C20H20O. The van der Waals surface area contributed by atoms with Crippen LogP contribution in [0.4, 0.5) is 0 Å². The van der Waals surface area contributed by atoms with Crippen LogP contribution >= 0.6 is 0 Å². The Morgan fingerprint density at radius 1 is 0.714 bits per heavy atom. The molecule has 0 unspecified atom stereocenters. The fraction of sp³-hybridized carbons (Fsp3) is 0.200. The van der Waals surface area contributed by atoms with Gasteiger partial charge in [0, 0.05) is 0 Å². The molecule has 0 atom stereocenters. The van der Waals surface area contributed by atoms with Gasteiger partial charge >= 0.3 is 0 Å². The Morgan fingerprint density at radius 3 is 2.00 bits per heavy atom. The van der Waals surface area contributed by atoms with Crippen molar-refractivity contribution in [3.05, 3.63) is 65.2 Å². The van der Waals surface area contributed by atoms with Gasteiger partial charge in [-0.1, -0.05) is 42.0 Å². The molecule has 0 bridgehead atoms. The molecule has 0 aliphatic heterocycles. The molecule has 21 heavy (non-hydrogen) atoms. The van der Waals surface area contributed by atoms with Crippen LogP contribution < -0.4 is 4.74 Å². The maximum Gasteiger partial charge on any atom is 0.118 e. The highest BCUT2D eigenvalue weighted by atomic mass is 16.5. The minimum Gasteiger partial charge on any atom is -0.497 e. The summed E-state index contributed by atoms with van der Waals surface area (Å²) in [4.78, 5) is 0. The largest absolute Gasteiger partial charge is 0.497 e. The van der Waals surface area contributed by atoms with Crippen LogP contribution in [0.2, 0.25) is 0 Å². The Balaban J connectivity index is 2.22. The van der Waals surface area contributed by atoms with Crippen LogP contribution in [0.15, 0.2) is 48.5 Å².